The third-order valence-electron chi connectivity index (χ3n) is 4.31. The summed E-state index contributed by atoms with van der Waals surface area (Å²) in [7, 11) is 0. The topological polar surface area (TPSA) is 148 Å². The molecule has 0 aliphatic carbocycles. The number of nitrogens with zero attached hydrogens (tertiary/aromatic N) is 4. The molecule has 1 aromatic rings. The van der Waals surface area contributed by atoms with E-state index < -0.39 is 40.1 Å². The second kappa shape index (κ2) is 10.1. The van der Waals surface area contributed by atoms with Gasteiger partial charge in [-0.1, -0.05) is 57.5 Å². The van der Waals surface area contributed by atoms with Crippen LogP contribution in [0.25, 0.3) is 21.3 Å². The Morgan fingerprint density at radius 1 is 0.839 bits per heavy atom. The summed E-state index contributed by atoms with van der Waals surface area (Å²) >= 11 is 2.90. The second-order valence-electron chi connectivity index (χ2n) is 8.51. The van der Waals surface area contributed by atoms with E-state index in [0.717, 1.165) is 0 Å². The molecule has 2 N–H and O–H groups in total. The predicted octanol–water partition coefficient (Wildman–Crippen LogP) is 3.71. The number of rotatable bonds is 0. The van der Waals surface area contributed by atoms with Crippen LogP contribution in [0.5, 0.6) is 0 Å². The van der Waals surface area contributed by atoms with Crippen LogP contribution in [0.4, 0.5) is 11.4 Å². The average molecular weight is 470 g/mol. The molecule has 0 saturated carbocycles. The normalized spacial score (nSPS) is 20.1. The zero-order valence-corrected chi connectivity index (χ0v) is 19.4. The van der Waals surface area contributed by atoms with E-state index in [-0.39, 0.29) is 17.8 Å². The molecule has 4 amide bonds. The summed E-state index contributed by atoms with van der Waals surface area (Å²) in [6.45, 7) is 8.90. The predicted molar refractivity (Wildman–Crippen MR) is 113 cm³/mol. The van der Waals surface area contributed by atoms with Crippen molar-refractivity contribution in [3.8, 4) is 4.91 Å². The molecule has 2 rings (SSSR count). The Balaban J connectivity index is 0.00000151. The molecule has 1 heterocycles. The van der Waals surface area contributed by atoms with Gasteiger partial charge in [0.15, 0.2) is 0 Å². The van der Waals surface area contributed by atoms with Gasteiger partial charge in [0.05, 0.1) is 17.7 Å². The van der Waals surface area contributed by atoms with Gasteiger partial charge in [-0.3, -0.25) is 0 Å². The molecule has 0 atom stereocenters. The number of para-hydroxylation sites is 2. The summed E-state index contributed by atoms with van der Waals surface area (Å²) < 4.78 is 0. The first-order valence-corrected chi connectivity index (χ1v) is 9.87. The third-order valence-corrected chi connectivity index (χ3v) is 4.31. The van der Waals surface area contributed by atoms with E-state index in [1.807, 2.05) is 0 Å². The fourth-order valence-corrected chi connectivity index (χ4v) is 2.43. The zero-order chi connectivity index (χ0) is 24.0. The Morgan fingerprint density at radius 3 is 1.81 bits per heavy atom. The Kier molecular flexibility index (Phi) is 8.61. The monoisotopic (exact) mass is 470 g/mol. The summed E-state index contributed by atoms with van der Waals surface area (Å²) in [4.78, 5) is 52.1. The van der Waals surface area contributed by atoms with Crippen LogP contribution in [0.3, 0.4) is 0 Å². The molecule has 10 heteroatoms. The van der Waals surface area contributed by atoms with Crippen LogP contribution in [0.2, 0.25) is 0 Å². The molecule has 9 nitrogen and oxygen atoms in total. The summed E-state index contributed by atoms with van der Waals surface area (Å²) in [6, 6.07) is 6.44. The van der Waals surface area contributed by atoms with Crippen LogP contribution < -0.4 is 0 Å². The molecule has 0 fully saturated rings. The summed E-state index contributed by atoms with van der Waals surface area (Å²) in [6.07, 6.45) is -0.145. The molecule has 0 radical (unpaired) electrons. The van der Waals surface area contributed by atoms with Gasteiger partial charge in [-0.05, 0) is 20.3 Å². The minimum absolute atomic E-state index is 0.145. The van der Waals surface area contributed by atoms with Crippen LogP contribution >= 0.6 is 0 Å². The van der Waals surface area contributed by atoms with Crippen molar-refractivity contribution in [2.24, 2.45) is 5.41 Å². The van der Waals surface area contributed by atoms with Crippen LogP contribution in [-0.4, -0.2) is 39.8 Å². The molecule has 0 bridgehead atoms. The van der Waals surface area contributed by atoms with Crippen molar-refractivity contribution in [2.45, 2.75) is 59.0 Å². The van der Waals surface area contributed by atoms with Gasteiger partial charge in [0.25, 0.3) is 0 Å². The Bertz CT molecular complexity index is 919. The van der Waals surface area contributed by atoms with Crippen molar-refractivity contribution in [1.82, 2.24) is 0 Å². The van der Waals surface area contributed by atoms with Crippen molar-refractivity contribution >= 4 is 35.0 Å². The second-order valence-corrected chi connectivity index (χ2v) is 8.78. The van der Waals surface area contributed by atoms with Gasteiger partial charge in [0, 0.05) is 11.3 Å². The molecule has 1 aliphatic rings. The first kappa shape index (κ1) is 26.4. The molecule has 0 saturated heterocycles. The van der Waals surface area contributed by atoms with Crippen molar-refractivity contribution in [1.29, 1.82) is 0 Å². The molecule has 171 valence electrons. The molecule has 31 heavy (non-hydrogen) atoms. The van der Waals surface area contributed by atoms with Gasteiger partial charge in [-0.25, -0.2) is 0 Å². The van der Waals surface area contributed by atoms with Crippen molar-refractivity contribution < 1.29 is 39.7 Å². The van der Waals surface area contributed by atoms with Crippen LogP contribution in [-0.2, 0) is 34.6 Å². The SMILES string of the molecule is CC1(C)CC(=O)[N-]c2ccccc2[N-]C(=O)C(C)(C)[N-]C(=O)C(C)(C)C(=O)[N-]1.[OH2+][C]#[Fe]. The van der Waals surface area contributed by atoms with Gasteiger partial charge in [0.2, 0.25) is 0 Å². The van der Waals surface area contributed by atoms with E-state index in [1.165, 1.54) is 27.7 Å². The molecular weight excluding hydrogens is 444 g/mol. The number of hydrogen-bond acceptors (Lipinski definition) is 4. The molecule has 1 aliphatic heterocycles. The number of hydrogen-bond donors (Lipinski definition) is 0. The first-order chi connectivity index (χ1) is 14.2. The van der Waals surface area contributed by atoms with Gasteiger partial charge in [-0.2, -0.15) is 0 Å². The summed E-state index contributed by atoms with van der Waals surface area (Å²) in [5, 5.41) is 21.9. The van der Waals surface area contributed by atoms with Crippen LogP contribution in [0.15, 0.2) is 24.3 Å². The van der Waals surface area contributed by atoms with Gasteiger partial charge < -0.3 is 40.4 Å². The van der Waals surface area contributed by atoms with E-state index in [0.29, 0.717) is 0 Å². The van der Waals surface area contributed by atoms with E-state index in [9.17, 15) is 19.2 Å². The van der Waals surface area contributed by atoms with Crippen molar-refractivity contribution in [3.63, 3.8) is 0 Å². The Hall–Kier alpha value is -2.64. The maximum atomic E-state index is 12.7. The quantitative estimate of drug-likeness (QED) is 0.323. The summed E-state index contributed by atoms with van der Waals surface area (Å²) in [5.74, 6) is -2.68. The van der Waals surface area contributed by atoms with Gasteiger partial charge in [-0.15, -0.1) is 16.9 Å². The minimum atomic E-state index is -1.57. The van der Waals surface area contributed by atoms with Crippen LogP contribution in [0.1, 0.15) is 48.0 Å². The fraction of sp³-hybridized carbons (Fsp3) is 0.476. The summed E-state index contributed by atoms with van der Waals surface area (Å²) in [5.41, 5.74) is -3.69. The number of fused-ring (bicyclic) bond motifs is 1. The maximum absolute atomic E-state index is 12.7. The van der Waals surface area contributed by atoms with E-state index in [2.05, 4.69) is 36.7 Å². The molecule has 0 spiro atoms. The van der Waals surface area contributed by atoms with Crippen molar-refractivity contribution in [2.75, 3.05) is 0 Å². The van der Waals surface area contributed by atoms with Gasteiger partial charge in [0.1, 0.15) is 0 Å². The van der Waals surface area contributed by atoms with Gasteiger partial charge >= 0.3 is 25.4 Å². The Morgan fingerprint density at radius 2 is 1.29 bits per heavy atom. The van der Waals surface area contributed by atoms with Crippen molar-refractivity contribution in [3.05, 3.63) is 45.5 Å². The molecule has 0 unspecified atom stereocenters. The zero-order valence-electron chi connectivity index (χ0n) is 18.3. The standard InChI is InChI=1S/C20H28N4O4.CH2O.Fe/c1-18(2)11-14(25)21-12-9-7-8-10-13(12)22-17(28)20(5,6)24-16(27)19(3,4)15(26)23-18;1-2;/h7-10H,11H2,1-6H3,(H4,21,22,23,24,25,26,27,28);2H2;/q;+1;/p-4. The fourth-order valence-electron chi connectivity index (χ4n) is 2.43. The number of amides is 4. The van der Waals surface area contributed by atoms with E-state index in [1.54, 1.807) is 43.0 Å². The molecule has 1 aromatic carbocycles. The number of carbonyl (C=O) groups excluding carboxylic acids is 4. The van der Waals surface area contributed by atoms with E-state index >= 15 is 0 Å². The average Bonchev–Trinajstić information content (AvgIpc) is 2.61. The van der Waals surface area contributed by atoms with Crippen LogP contribution in [0, 0.1) is 10.3 Å². The molecular formula is C21H26FeN4O5-3. The third kappa shape index (κ3) is 7.22. The first-order valence-electron chi connectivity index (χ1n) is 9.32. The number of carbonyl (C=O) groups is 4. The Labute approximate surface area is 189 Å². The molecule has 0 aromatic heterocycles. The van der Waals surface area contributed by atoms with E-state index in [4.69, 9.17) is 5.11 Å². The number of benzene rings is 1.